The number of halogens is 1. The van der Waals surface area contributed by atoms with Gasteiger partial charge in [0.25, 0.3) is 0 Å². The maximum atomic E-state index is 13.9. The molecule has 0 saturated heterocycles. The Morgan fingerprint density at radius 2 is 1.62 bits per heavy atom. The number of nitrogens with one attached hydrogen (secondary N) is 1. The van der Waals surface area contributed by atoms with Crippen molar-refractivity contribution in [1.82, 2.24) is 10.2 Å². The topological polar surface area (TPSA) is 96.0 Å². The van der Waals surface area contributed by atoms with Gasteiger partial charge >= 0.3 is 0 Å². The van der Waals surface area contributed by atoms with E-state index in [1.54, 1.807) is 35.2 Å². The maximum Gasteiger partial charge on any atom is 0.243 e. The van der Waals surface area contributed by atoms with Gasteiger partial charge in [0.05, 0.1) is 19.1 Å². The molecule has 2 unspecified atom stereocenters. The quantitative estimate of drug-likeness (QED) is 0.246. The Hall–Kier alpha value is -3.56. The zero-order chi connectivity index (χ0) is 30.7. The molecule has 3 aromatic carbocycles. The highest BCUT2D eigenvalue weighted by atomic mass is 35.5. The van der Waals surface area contributed by atoms with Crippen LogP contribution >= 0.6 is 11.6 Å². The Labute approximate surface area is 254 Å². The second-order valence-electron chi connectivity index (χ2n) is 10.3. The van der Waals surface area contributed by atoms with Crippen LogP contribution in [0.1, 0.15) is 44.2 Å². The summed E-state index contributed by atoms with van der Waals surface area (Å²) in [7, 11) is -2.07. The van der Waals surface area contributed by atoms with Crippen LogP contribution in [0.2, 0.25) is 5.02 Å². The average Bonchev–Trinajstić information content (AvgIpc) is 2.97. The van der Waals surface area contributed by atoms with E-state index in [-0.39, 0.29) is 43.8 Å². The van der Waals surface area contributed by atoms with Crippen LogP contribution in [0, 0.1) is 0 Å². The van der Waals surface area contributed by atoms with E-state index < -0.39 is 16.1 Å². The van der Waals surface area contributed by atoms with Gasteiger partial charge in [-0.3, -0.25) is 13.9 Å². The fourth-order valence-electron chi connectivity index (χ4n) is 4.56. The molecule has 0 aliphatic heterocycles. The molecule has 0 spiro atoms. The lowest BCUT2D eigenvalue weighted by atomic mass is 10.0. The van der Waals surface area contributed by atoms with Gasteiger partial charge in [-0.1, -0.05) is 67.1 Å². The summed E-state index contributed by atoms with van der Waals surface area (Å²) >= 11 is 6.49. The molecule has 2 atom stereocenters. The number of anilines is 1. The highest BCUT2D eigenvalue weighted by Crippen LogP contribution is 2.24. The molecule has 0 aromatic heterocycles. The van der Waals surface area contributed by atoms with Crippen LogP contribution in [0.15, 0.2) is 78.9 Å². The molecule has 226 valence electrons. The third-order valence-electron chi connectivity index (χ3n) is 7.08. The number of nitrogens with zero attached hydrogens (tertiary/aromatic N) is 2. The minimum atomic E-state index is -3.61. The summed E-state index contributed by atoms with van der Waals surface area (Å²) < 4.78 is 31.7. The number of hydrogen-bond acceptors (Lipinski definition) is 5. The van der Waals surface area contributed by atoms with Gasteiger partial charge in [-0.25, -0.2) is 8.42 Å². The monoisotopic (exact) mass is 613 g/mol. The Morgan fingerprint density at radius 1 is 0.976 bits per heavy atom. The van der Waals surface area contributed by atoms with Gasteiger partial charge in [0.1, 0.15) is 11.8 Å². The number of ether oxygens (including phenoxy) is 1. The van der Waals surface area contributed by atoms with Crippen molar-refractivity contribution in [2.75, 3.05) is 24.2 Å². The highest BCUT2D eigenvalue weighted by molar-refractivity contribution is 7.92. The number of hydrogen-bond donors (Lipinski definition) is 1. The number of amides is 2. The summed E-state index contributed by atoms with van der Waals surface area (Å²) in [4.78, 5) is 29.1. The van der Waals surface area contributed by atoms with E-state index in [2.05, 4.69) is 5.32 Å². The first kappa shape index (κ1) is 32.9. The van der Waals surface area contributed by atoms with Gasteiger partial charge in [-0.2, -0.15) is 0 Å². The Bertz CT molecular complexity index is 1420. The standard InChI is InChI=1S/C32H40ClN3O5S/c1-5-24(2)34-32(38)30(22-25-12-7-6-8-13-25)35(23-26-14-9-10-15-29(26)33)31(37)16-11-21-36(42(4,39)40)27-17-19-28(41-3)20-18-27/h6-10,12-15,17-20,24,30H,5,11,16,21-23H2,1-4H3,(H,34,38). The molecule has 0 bridgehead atoms. The SMILES string of the molecule is CCC(C)NC(=O)C(Cc1ccccc1)N(Cc1ccccc1Cl)C(=O)CCCN(c1ccc(OC)cc1)S(C)(=O)=O. The molecule has 0 heterocycles. The number of benzene rings is 3. The summed E-state index contributed by atoms with van der Waals surface area (Å²) in [5.74, 6) is 0.0978. The van der Waals surface area contributed by atoms with Crippen molar-refractivity contribution in [3.63, 3.8) is 0 Å². The zero-order valence-corrected chi connectivity index (χ0v) is 26.2. The molecule has 0 aliphatic rings. The van der Waals surface area contributed by atoms with Crippen LogP contribution in [-0.4, -0.2) is 57.1 Å². The third kappa shape index (κ3) is 9.49. The van der Waals surface area contributed by atoms with E-state index in [4.69, 9.17) is 16.3 Å². The van der Waals surface area contributed by atoms with Crippen molar-refractivity contribution < 1.29 is 22.7 Å². The number of sulfonamides is 1. The first-order valence-electron chi connectivity index (χ1n) is 14.0. The molecule has 0 fully saturated rings. The molecule has 0 saturated carbocycles. The second kappa shape index (κ2) is 15.6. The highest BCUT2D eigenvalue weighted by Gasteiger charge is 2.31. The van der Waals surface area contributed by atoms with Gasteiger partial charge in [-0.05, 0) is 61.2 Å². The lowest BCUT2D eigenvalue weighted by molar-refractivity contribution is -0.141. The molecular weight excluding hydrogens is 574 g/mol. The lowest BCUT2D eigenvalue weighted by Crippen LogP contribution is -2.52. The summed E-state index contributed by atoms with van der Waals surface area (Å²) in [6.45, 7) is 4.15. The molecule has 1 N–H and O–H groups in total. The lowest BCUT2D eigenvalue weighted by Gasteiger charge is -2.33. The number of rotatable bonds is 15. The summed E-state index contributed by atoms with van der Waals surface area (Å²) in [5, 5.41) is 3.55. The van der Waals surface area contributed by atoms with Crippen molar-refractivity contribution >= 4 is 39.1 Å². The summed E-state index contributed by atoms with van der Waals surface area (Å²) in [6.07, 6.45) is 2.49. The summed E-state index contributed by atoms with van der Waals surface area (Å²) in [6, 6.07) is 22.7. The van der Waals surface area contributed by atoms with Gasteiger partial charge in [0.2, 0.25) is 21.8 Å². The van der Waals surface area contributed by atoms with E-state index in [9.17, 15) is 18.0 Å². The fraction of sp³-hybridized carbons (Fsp3) is 0.375. The number of methoxy groups -OCH3 is 1. The van der Waals surface area contributed by atoms with E-state index in [0.717, 1.165) is 23.8 Å². The number of carbonyl (C=O) groups excluding carboxylic acids is 2. The zero-order valence-electron chi connectivity index (χ0n) is 24.6. The molecular formula is C32H40ClN3O5S. The predicted molar refractivity (Wildman–Crippen MR) is 168 cm³/mol. The van der Waals surface area contributed by atoms with E-state index in [1.165, 1.54) is 11.4 Å². The maximum absolute atomic E-state index is 13.9. The smallest absolute Gasteiger partial charge is 0.243 e. The third-order valence-corrected chi connectivity index (χ3v) is 8.65. The van der Waals surface area contributed by atoms with Crippen molar-refractivity contribution in [2.24, 2.45) is 0 Å². The van der Waals surface area contributed by atoms with Gasteiger partial charge in [0.15, 0.2) is 0 Å². The van der Waals surface area contributed by atoms with Crippen molar-refractivity contribution in [1.29, 1.82) is 0 Å². The van der Waals surface area contributed by atoms with Gasteiger partial charge < -0.3 is 15.0 Å². The molecule has 8 nitrogen and oxygen atoms in total. The van der Waals surface area contributed by atoms with E-state index >= 15 is 0 Å². The minimum Gasteiger partial charge on any atom is -0.497 e. The average molecular weight is 614 g/mol. The normalized spacial score (nSPS) is 12.7. The first-order valence-corrected chi connectivity index (χ1v) is 16.2. The van der Waals surface area contributed by atoms with Gasteiger partial charge in [0, 0.05) is 37.0 Å². The van der Waals surface area contributed by atoms with Crippen LogP contribution in [0.25, 0.3) is 0 Å². The Balaban J connectivity index is 1.89. The van der Waals surface area contributed by atoms with Crippen molar-refractivity contribution in [3.8, 4) is 5.75 Å². The van der Waals surface area contributed by atoms with E-state index in [0.29, 0.717) is 22.9 Å². The van der Waals surface area contributed by atoms with Crippen LogP contribution in [0.4, 0.5) is 5.69 Å². The molecule has 0 aliphatic carbocycles. The van der Waals surface area contributed by atoms with Crippen LogP contribution in [-0.2, 0) is 32.6 Å². The summed E-state index contributed by atoms with van der Waals surface area (Å²) in [5.41, 5.74) is 2.12. The molecule has 0 radical (unpaired) electrons. The van der Waals surface area contributed by atoms with E-state index in [1.807, 2.05) is 62.4 Å². The van der Waals surface area contributed by atoms with Crippen LogP contribution in [0.5, 0.6) is 5.75 Å². The minimum absolute atomic E-state index is 0.0362. The number of carbonyl (C=O) groups is 2. The van der Waals surface area contributed by atoms with Crippen molar-refractivity contribution in [2.45, 2.75) is 58.2 Å². The van der Waals surface area contributed by atoms with Crippen molar-refractivity contribution in [3.05, 3.63) is 95.0 Å². The predicted octanol–water partition coefficient (Wildman–Crippen LogP) is 5.45. The fourth-order valence-corrected chi connectivity index (χ4v) is 5.72. The van der Waals surface area contributed by atoms with Crippen LogP contribution in [0.3, 0.4) is 0 Å². The molecule has 42 heavy (non-hydrogen) atoms. The molecule has 3 aromatic rings. The first-order chi connectivity index (χ1) is 20.0. The molecule has 2 amide bonds. The van der Waals surface area contributed by atoms with Gasteiger partial charge in [-0.15, -0.1) is 0 Å². The molecule has 10 heteroatoms. The Morgan fingerprint density at radius 3 is 2.21 bits per heavy atom. The van der Waals surface area contributed by atoms with Crippen LogP contribution < -0.4 is 14.4 Å². The second-order valence-corrected chi connectivity index (χ2v) is 12.6. The Kier molecular flexibility index (Phi) is 12.2. The largest absolute Gasteiger partial charge is 0.497 e. The molecule has 3 rings (SSSR count).